The number of nitrogens with one attached hydrogen (secondary N) is 3. The van der Waals surface area contributed by atoms with Crippen LogP contribution in [0.4, 0.5) is 5.13 Å². The first-order chi connectivity index (χ1) is 16.4. The van der Waals surface area contributed by atoms with E-state index in [0.717, 1.165) is 21.3 Å². The normalized spacial score (nSPS) is 11.0. The standard InChI is InChI=1S/C20H20N8O3S3/c1-3-32-20-27-25-18(34-20)23-16(30)10-33-19-26-24-14(8-12-9-15(29)22-17(31)21-12)28(19)13-6-4-5-11(2)7-13/h4-7,9H,3,8,10H2,1-2H3,(H,23,25,30)(H2,21,22,29,31). The largest absolute Gasteiger partial charge is 0.325 e. The maximum absolute atomic E-state index is 12.5. The Morgan fingerprint density at radius 3 is 2.74 bits per heavy atom. The van der Waals surface area contributed by atoms with Gasteiger partial charge in [-0.1, -0.05) is 53.9 Å². The zero-order chi connectivity index (χ0) is 24.1. The van der Waals surface area contributed by atoms with Crippen LogP contribution in [0.25, 0.3) is 5.69 Å². The van der Waals surface area contributed by atoms with Crippen molar-refractivity contribution >= 4 is 45.9 Å². The van der Waals surface area contributed by atoms with Gasteiger partial charge in [-0.25, -0.2) is 4.79 Å². The van der Waals surface area contributed by atoms with Crippen LogP contribution in [0.15, 0.2) is 49.4 Å². The van der Waals surface area contributed by atoms with Crippen LogP contribution in [-0.4, -0.2) is 52.3 Å². The summed E-state index contributed by atoms with van der Waals surface area (Å²) >= 11 is 4.11. The number of aromatic amines is 2. The van der Waals surface area contributed by atoms with E-state index >= 15 is 0 Å². The number of hydrogen-bond donors (Lipinski definition) is 3. The molecule has 0 atom stereocenters. The van der Waals surface area contributed by atoms with Gasteiger partial charge in [0.1, 0.15) is 5.82 Å². The number of thioether (sulfide) groups is 2. The van der Waals surface area contributed by atoms with E-state index in [1.807, 2.05) is 42.7 Å². The molecule has 4 rings (SSSR count). The SMILES string of the molecule is CCSc1nnc(NC(=O)CSc2nnc(Cc3cc(=O)[nH]c(=O)[nH]3)n2-c2cccc(C)c2)s1. The first-order valence-corrected chi connectivity index (χ1v) is 12.9. The van der Waals surface area contributed by atoms with E-state index in [2.05, 4.69) is 35.7 Å². The Balaban J connectivity index is 1.56. The minimum atomic E-state index is -0.590. The van der Waals surface area contributed by atoms with E-state index < -0.39 is 11.2 Å². The Hall–Kier alpha value is -3.23. The van der Waals surface area contributed by atoms with Gasteiger partial charge in [-0.05, 0) is 30.4 Å². The molecule has 1 aromatic carbocycles. The summed E-state index contributed by atoms with van der Waals surface area (Å²) in [7, 11) is 0. The van der Waals surface area contributed by atoms with Crippen molar-refractivity contribution < 1.29 is 4.79 Å². The van der Waals surface area contributed by atoms with E-state index in [1.54, 1.807) is 11.8 Å². The van der Waals surface area contributed by atoms with Gasteiger partial charge in [0, 0.05) is 23.9 Å². The maximum atomic E-state index is 12.5. The van der Waals surface area contributed by atoms with Crippen molar-refractivity contribution in [3.05, 3.63) is 68.3 Å². The van der Waals surface area contributed by atoms with Crippen LogP contribution < -0.4 is 16.6 Å². The zero-order valence-electron chi connectivity index (χ0n) is 18.2. The molecule has 34 heavy (non-hydrogen) atoms. The van der Waals surface area contributed by atoms with Crippen LogP contribution in [0, 0.1) is 6.92 Å². The van der Waals surface area contributed by atoms with E-state index in [0.29, 0.717) is 21.8 Å². The summed E-state index contributed by atoms with van der Waals surface area (Å²) in [5.41, 5.74) is 1.16. The third kappa shape index (κ3) is 6.01. The molecule has 0 saturated carbocycles. The van der Waals surface area contributed by atoms with Crippen LogP contribution in [-0.2, 0) is 11.2 Å². The Labute approximate surface area is 205 Å². The topological polar surface area (TPSA) is 151 Å². The highest BCUT2D eigenvalue weighted by Gasteiger charge is 2.18. The van der Waals surface area contributed by atoms with Gasteiger partial charge in [0.2, 0.25) is 11.0 Å². The van der Waals surface area contributed by atoms with E-state index in [4.69, 9.17) is 0 Å². The van der Waals surface area contributed by atoms with E-state index in [1.165, 1.54) is 29.2 Å². The van der Waals surface area contributed by atoms with Crippen LogP contribution >= 0.6 is 34.9 Å². The molecule has 0 aliphatic heterocycles. The third-order valence-electron chi connectivity index (χ3n) is 4.38. The number of rotatable bonds is 9. The molecule has 0 spiro atoms. The fraction of sp³-hybridized carbons (Fsp3) is 0.250. The van der Waals surface area contributed by atoms with Crippen molar-refractivity contribution in [3.8, 4) is 5.69 Å². The number of carbonyl (C=O) groups excluding carboxylic acids is 1. The van der Waals surface area contributed by atoms with Crippen LogP contribution in [0.3, 0.4) is 0 Å². The van der Waals surface area contributed by atoms with Gasteiger partial charge < -0.3 is 4.98 Å². The lowest BCUT2D eigenvalue weighted by molar-refractivity contribution is -0.113. The van der Waals surface area contributed by atoms with Gasteiger partial charge >= 0.3 is 5.69 Å². The van der Waals surface area contributed by atoms with E-state index in [9.17, 15) is 14.4 Å². The minimum Gasteiger partial charge on any atom is -0.311 e. The van der Waals surface area contributed by atoms with Crippen LogP contribution in [0.2, 0.25) is 0 Å². The third-order valence-corrected chi connectivity index (χ3v) is 7.16. The predicted molar refractivity (Wildman–Crippen MR) is 132 cm³/mol. The quantitative estimate of drug-likeness (QED) is 0.225. The average molecular weight is 517 g/mol. The molecule has 0 aliphatic rings. The summed E-state index contributed by atoms with van der Waals surface area (Å²) in [6.45, 7) is 3.99. The summed E-state index contributed by atoms with van der Waals surface area (Å²) < 4.78 is 2.61. The lowest BCUT2D eigenvalue weighted by Gasteiger charge is -2.11. The maximum Gasteiger partial charge on any atom is 0.325 e. The number of H-pyrrole nitrogens is 2. The molecule has 176 valence electrons. The number of anilines is 1. The molecule has 4 aromatic rings. The number of benzene rings is 1. The predicted octanol–water partition coefficient (Wildman–Crippen LogP) is 2.24. The van der Waals surface area contributed by atoms with Crippen molar-refractivity contribution in [2.24, 2.45) is 0 Å². The molecule has 3 aromatic heterocycles. The average Bonchev–Trinajstić information content (AvgIpc) is 3.38. The van der Waals surface area contributed by atoms with Crippen LogP contribution in [0.1, 0.15) is 24.0 Å². The fourth-order valence-corrected chi connectivity index (χ4v) is 5.48. The Morgan fingerprint density at radius 1 is 1.12 bits per heavy atom. The molecule has 14 heteroatoms. The number of hydrogen-bond acceptors (Lipinski definition) is 10. The second-order valence-corrected chi connectivity index (χ2v) is 10.4. The van der Waals surface area contributed by atoms with Gasteiger partial charge in [0.15, 0.2) is 9.50 Å². The van der Waals surface area contributed by atoms with Crippen molar-refractivity contribution in [1.29, 1.82) is 0 Å². The molecule has 1 amide bonds. The summed E-state index contributed by atoms with van der Waals surface area (Å²) in [4.78, 5) is 40.6. The second-order valence-electron chi connectivity index (χ2n) is 7.01. The molecule has 0 radical (unpaired) electrons. The Morgan fingerprint density at radius 2 is 1.97 bits per heavy atom. The van der Waals surface area contributed by atoms with Gasteiger partial charge in [0.25, 0.3) is 5.56 Å². The molecule has 0 bridgehead atoms. The monoisotopic (exact) mass is 516 g/mol. The number of nitrogens with zero attached hydrogens (tertiary/aromatic N) is 5. The molecule has 0 fully saturated rings. The van der Waals surface area contributed by atoms with Crippen molar-refractivity contribution in [3.63, 3.8) is 0 Å². The Bertz CT molecular complexity index is 1400. The summed E-state index contributed by atoms with van der Waals surface area (Å²) in [6.07, 6.45) is 0.176. The highest BCUT2D eigenvalue weighted by Crippen LogP contribution is 2.26. The van der Waals surface area contributed by atoms with Crippen molar-refractivity contribution in [2.45, 2.75) is 29.8 Å². The summed E-state index contributed by atoms with van der Waals surface area (Å²) in [5, 5.41) is 20.2. The highest BCUT2D eigenvalue weighted by atomic mass is 32.2. The lowest BCUT2D eigenvalue weighted by atomic mass is 10.2. The lowest BCUT2D eigenvalue weighted by Crippen LogP contribution is -2.23. The minimum absolute atomic E-state index is 0.0849. The van der Waals surface area contributed by atoms with Gasteiger partial charge in [-0.2, -0.15) is 0 Å². The molecule has 3 heterocycles. The fourth-order valence-electron chi connectivity index (χ4n) is 3.05. The first-order valence-electron chi connectivity index (χ1n) is 10.1. The van der Waals surface area contributed by atoms with E-state index in [-0.39, 0.29) is 18.1 Å². The highest BCUT2D eigenvalue weighted by molar-refractivity contribution is 8.01. The molecule has 0 aliphatic carbocycles. The number of aromatic nitrogens is 7. The number of amides is 1. The molecule has 0 unspecified atom stereocenters. The number of aryl methyl sites for hydroxylation is 1. The van der Waals surface area contributed by atoms with Gasteiger partial charge in [-0.15, -0.1) is 20.4 Å². The van der Waals surface area contributed by atoms with Gasteiger partial charge in [-0.3, -0.25) is 24.5 Å². The van der Waals surface area contributed by atoms with Crippen LogP contribution in [0.5, 0.6) is 0 Å². The smallest absolute Gasteiger partial charge is 0.311 e. The summed E-state index contributed by atoms with van der Waals surface area (Å²) in [5.74, 6) is 1.23. The molecule has 3 N–H and O–H groups in total. The number of carbonyl (C=O) groups is 1. The molecule has 11 nitrogen and oxygen atoms in total. The van der Waals surface area contributed by atoms with Gasteiger partial charge in [0.05, 0.1) is 5.75 Å². The first kappa shape index (κ1) is 23.9. The second kappa shape index (κ2) is 10.8. The van der Waals surface area contributed by atoms with Crippen molar-refractivity contribution in [1.82, 2.24) is 34.9 Å². The Kier molecular flexibility index (Phi) is 7.59. The summed E-state index contributed by atoms with van der Waals surface area (Å²) in [6, 6.07) is 9.05. The van der Waals surface area contributed by atoms with Crippen molar-refractivity contribution in [2.75, 3.05) is 16.8 Å². The molecular weight excluding hydrogens is 496 g/mol. The molecule has 0 saturated heterocycles. The molecular formula is C20H20N8O3S3. The zero-order valence-corrected chi connectivity index (χ0v) is 20.6.